The number of imidazole rings is 1. The molecule has 3 aliphatic rings. The van der Waals surface area contributed by atoms with Crippen LogP contribution in [0.15, 0.2) is 48.5 Å². The van der Waals surface area contributed by atoms with Crippen molar-refractivity contribution in [3.63, 3.8) is 0 Å². The number of benzene rings is 2. The number of aryl methyl sites for hydroxylation is 1. The Morgan fingerprint density at radius 3 is 2.67 bits per heavy atom. The maximum absolute atomic E-state index is 11.5. The molecular formula is C27H31Cl2N3O. The van der Waals surface area contributed by atoms with Crippen LogP contribution in [0.3, 0.4) is 0 Å². The molecule has 3 aliphatic carbocycles. The second-order valence-corrected chi connectivity index (χ2v) is 10.6. The van der Waals surface area contributed by atoms with Gasteiger partial charge in [-0.2, -0.15) is 0 Å². The second kappa shape index (κ2) is 9.42. The first-order valence-corrected chi connectivity index (χ1v) is 12.7. The summed E-state index contributed by atoms with van der Waals surface area (Å²) in [4.78, 5) is 10.3. The number of hydrogen-bond acceptors (Lipinski definition) is 3. The van der Waals surface area contributed by atoms with Gasteiger partial charge >= 0.3 is 0 Å². The molecule has 4 nitrogen and oxygen atoms in total. The van der Waals surface area contributed by atoms with Crippen molar-refractivity contribution in [1.29, 1.82) is 0 Å². The molecule has 2 N–H and O–H groups in total. The standard InChI is InChI=1S/C27H31Cl2N3O/c1-32(12-5-8-26-30-24-15-22(28)23(29)16-25(24)31-26)13-11-27(33)17-19-9-10-20(27)14-21(19)18-6-3-2-4-7-18/h2-4,6-7,14-16,19-20,33H,5,8-13,17H2,1H3,(H,30,31)/t19-,20+,27-/m0/s1. The van der Waals surface area contributed by atoms with Gasteiger partial charge in [0.1, 0.15) is 5.82 Å². The second-order valence-electron chi connectivity index (χ2n) is 9.80. The molecule has 1 aromatic heterocycles. The Hall–Kier alpha value is -1.85. The van der Waals surface area contributed by atoms with Gasteiger partial charge in [0.05, 0.1) is 26.7 Å². The van der Waals surface area contributed by atoms with Crippen molar-refractivity contribution in [2.75, 3.05) is 20.1 Å². The van der Waals surface area contributed by atoms with Crippen LogP contribution in [0.1, 0.15) is 43.5 Å². The number of halogens is 2. The Morgan fingerprint density at radius 1 is 1.12 bits per heavy atom. The lowest BCUT2D eigenvalue weighted by Crippen LogP contribution is -2.48. The first-order valence-electron chi connectivity index (χ1n) is 11.9. The van der Waals surface area contributed by atoms with E-state index in [1.807, 2.05) is 12.1 Å². The number of aromatic amines is 1. The number of nitrogens with zero attached hydrogens (tertiary/aromatic N) is 2. The molecular weight excluding hydrogens is 453 g/mol. The molecule has 174 valence electrons. The van der Waals surface area contributed by atoms with Crippen molar-refractivity contribution in [2.45, 2.75) is 44.1 Å². The van der Waals surface area contributed by atoms with Gasteiger partial charge in [-0.1, -0.05) is 59.6 Å². The normalized spacial score (nSPS) is 24.6. The molecule has 6 rings (SSSR count). The first kappa shape index (κ1) is 22.9. The summed E-state index contributed by atoms with van der Waals surface area (Å²) in [5.74, 6) is 1.70. The quantitative estimate of drug-likeness (QED) is 0.391. The highest BCUT2D eigenvalue weighted by Gasteiger charge is 2.46. The smallest absolute Gasteiger partial charge is 0.107 e. The predicted molar refractivity (Wildman–Crippen MR) is 137 cm³/mol. The molecule has 2 bridgehead atoms. The molecule has 2 aromatic carbocycles. The Bertz CT molecular complexity index is 1120. The van der Waals surface area contributed by atoms with Crippen LogP contribution < -0.4 is 0 Å². The molecule has 0 saturated heterocycles. The molecule has 3 aromatic rings. The lowest BCUT2D eigenvalue weighted by Gasteiger charge is -2.48. The van der Waals surface area contributed by atoms with Crippen molar-refractivity contribution >= 4 is 39.8 Å². The van der Waals surface area contributed by atoms with Crippen LogP contribution in [-0.4, -0.2) is 45.7 Å². The zero-order chi connectivity index (χ0) is 23.0. The first-order chi connectivity index (χ1) is 15.9. The Kier molecular flexibility index (Phi) is 6.54. The third-order valence-corrected chi connectivity index (χ3v) is 8.22. The number of rotatable bonds is 8. The van der Waals surface area contributed by atoms with Crippen molar-refractivity contribution in [1.82, 2.24) is 14.9 Å². The number of aliphatic hydroxyl groups is 1. The van der Waals surface area contributed by atoms with Crippen LogP contribution in [0.5, 0.6) is 0 Å². The van der Waals surface area contributed by atoms with E-state index in [1.165, 1.54) is 17.6 Å². The summed E-state index contributed by atoms with van der Waals surface area (Å²) in [6, 6.07) is 14.3. The average Bonchev–Trinajstić information content (AvgIpc) is 3.20. The number of fused-ring (bicyclic) bond motifs is 3. The highest BCUT2D eigenvalue weighted by atomic mass is 35.5. The Balaban J connectivity index is 1.13. The molecule has 6 heteroatoms. The number of allylic oxidation sites excluding steroid dienone is 1. The van der Waals surface area contributed by atoms with Gasteiger partial charge in [0.15, 0.2) is 0 Å². The van der Waals surface area contributed by atoms with Gasteiger partial charge in [0.2, 0.25) is 0 Å². The van der Waals surface area contributed by atoms with E-state index in [4.69, 9.17) is 23.2 Å². The molecule has 0 amide bonds. The minimum Gasteiger partial charge on any atom is -0.389 e. The maximum atomic E-state index is 11.5. The van der Waals surface area contributed by atoms with Gasteiger partial charge in [-0.25, -0.2) is 4.98 Å². The molecule has 0 aliphatic heterocycles. The fraction of sp³-hybridized carbons (Fsp3) is 0.444. The number of hydrogen-bond donors (Lipinski definition) is 2. The van der Waals surface area contributed by atoms with E-state index in [2.05, 4.69) is 58.3 Å². The van der Waals surface area contributed by atoms with E-state index < -0.39 is 5.60 Å². The minimum absolute atomic E-state index is 0.264. The molecule has 1 saturated carbocycles. The van der Waals surface area contributed by atoms with Crippen molar-refractivity contribution in [2.24, 2.45) is 11.8 Å². The topological polar surface area (TPSA) is 52.2 Å². The molecule has 33 heavy (non-hydrogen) atoms. The molecule has 0 spiro atoms. The van der Waals surface area contributed by atoms with Crippen molar-refractivity contribution in [3.8, 4) is 0 Å². The van der Waals surface area contributed by atoms with E-state index in [9.17, 15) is 5.11 Å². The maximum Gasteiger partial charge on any atom is 0.107 e. The van der Waals surface area contributed by atoms with Gasteiger partial charge in [-0.15, -0.1) is 0 Å². The van der Waals surface area contributed by atoms with Gasteiger partial charge < -0.3 is 15.0 Å². The molecule has 0 radical (unpaired) electrons. The lowest BCUT2D eigenvalue weighted by molar-refractivity contribution is -0.0574. The number of H-pyrrole nitrogens is 1. The molecule has 1 heterocycles. The van der Waals surface area contributed by atoms with Crippen LogP contribution in [0.2, 0.25) is 10.0 Å². The van der Waals surface area contributed by atoms with Crippen LogP contribution in [0, 0.1) is 11.8 Å². The van der Waals surface area contributed by atoms with E-state index in [0.29, 0.717) is 16.0 Å². The van der Waals surface area contributed by atoms with Crippen LogP contribution in [0.25, 0.3) is 16.6 Å². The summed E-state index contributed by atoms with van der Waals surface area (Å²) in [6.07, 6.45) is 8.24. The predicted octanol–water partition coefficient (Wildman–Crippen LogP) is 6.37. The summed E-state index contributed by atoms with van der Waals surface area (Å²) < 4.78 is 0. The highest BCUT2D eigenvalue weighted by molar-refractivity contribution is 6.42. The molecule has 0 unspecified atom stereocenters. The van der Waals surface area contributed by atoms with Gasteiger partial charge in [-0.3, -0.25) is 0 Å². The summed E-state index contributed by atoms with van der Waals surface area (Å²) in [6.45, 7) is 1.87. The monoisotopic (exact) mass is 483 g/mol. The largest absolute Gasteiger partial charge is 0.389 e. The van der Waals surface area contributed by atoms with Gasteiger partial charge in [-0.05, 0) is 74.9 Å². The lowest BCUT2D eigenvalue weighted by atomic mass is 9.61. The van der Waals surface area contributed by atoms with E-state index in [-0.39, 0.29) is 5.92 Å². The van der Waals surface area contributed by atoms with Gasteiger partial charge in [0.25, 0.3) is 0 Å². The summed E-state index contributed by atoms with van der Waals surface area (Å²) in [5.41, 5.74) is 3.96. The third kappa shape index (κ3) is 4.85. The SMILES string of the molecule is CN(CCCc1nc2cc(Cl)c(Cl)cc2[nH]1)CC[C@]1(O)C[C@@H]2CC[C@@H]1C=C2c1ccccc1. The van der Waals surface area contributed by atoms with Crippen molar-refractivity contribution in [3.05, 3.63) is 70.0 Å². The molecule has 3 atom stereocenters. The van der Waals surface area contributed by atoms with Crippen molar-refractivity contribution < 1.29 is 5.11 Å². The highest BCUT2D eigenvalue weighted by Crippen LogP contribution is 2.51. The fourth-order valence-electron chi connectivity index (χ4n) is 5.63. The Morgan fingerprint density at radius 2 is 1.91 bits per heavy atom. The number of nitrogens with one attached hydrogen (secondary N) is 1. The zero-order valence-corrected chi connectivity index (χ0v) is 20.5. The molecule has 1 fully saturated rings. The zero-order valence-electron chi connectivity index (χ0n) is 19.0. The van der Waals surface area contributed by atoms with E-state index in [0.717, 1.165) is 62.1 Å². The van der Waals surface area contributed by atoms with E-state index >= 15 is 0 Å². The van der Waals surface area contributed by atoms with Crippen LogP contribution >= 0.6 is 23.2 Å². The fourth-order valence-corrected chi connectivity index (χ4v) is 5.95. The van der Waals surface area contributed by atoms with Gasteiger partial charge in [0, 0.05) is 18.9 Å². The summed E-state index contributed by atoms with van der Waals surface area (Å²) >= 11 is 12.2. The Labute approximate surface area is 205 Å². The van der Waals surface area contributed by atoms with E-state index in [1.54, 1.807) is 0 Å². The minimum atomic E-state index is -0.577. The number of aromatic nitrogens is 2. The summed E-state index contributed by atoms with van der Waals surface area (Å²) in [7, 11) is 2.15. The summed E-state index contributed by atoms with van der Waals surface area (Å²) in [5, 5.41) is 12.6. The average molecular weight is 484 g/mol. The van der Waals surface area contributed by atoms with Crippen LogP contribution in [0.4, 0.5) is 0 Å². The third-order valence-electron chi connectivity index (χ3n) is 7.50. The van der Waals surface area contributed by atoms with Crippen LogP contribution in [-0.2, 0) is 6.42 Å².